The van der Waals surface area contributed by atoms with E-state index in [4.69, 9.17) is 18.9 Å². The van der Waals surface area contributed by atoms with Gasteiger partial charge in [0.1, 0.15) is 5.75 Å². The van der Waals surface area contributed by atoms with E-state index in [1.54, 1.807) is 21.3 Å². The van der Waals surface area contributed by atoms with Crippen molar-refractivity contribution in [2.45, 2.75) is 39.0 Å². The van der Waals surface area contributed by atoms with Gasteiger partial charge in [-0.1, -0.05) is 31.4 Å². The summed E-state index contributed by atoms with van der Waals surface area (Å²) in [5, 5.41) is 0. The summed E-state index contributed by atoms with van der Waals surface area (Å²) >= 11 is 1.49. The van der Waals surface area contributed by atoms with Gasteiger partial charge in [-0.05, 0) is 54.4 Å². The summed E-state index contributed by atoms with van der Waals surface area (Å²) in [5.41, 5.74) is 3.66. The van der Waals surface area contributed by atoms with E-state index in [0.717, 1.165) is 35.6 Å². The van der Waals surface area contributed by atoms with Crippen LogP contribution in [0.15, 0.2) is 41.8 Å². The third kappa shape index (κ3) is 4.59. The highest BCUT2D eigenvalue weighted by Crippen LogP contribution is 2.53. The van der Waals surface area contributed by atoms with Gasteiger partial charge in [0.25, 0.3) is 0 Å². The zero-order valence-corrected chi connectivity index (χ0v) is 19.6. The lowest BCUT2D eigenvalue weighted by atomic mass is 9.95. The molecule has 0 bridgehead atoms. The number of aromatic nitrogens is 1. The van der Waals surface area contributed by atoms with Crippen LogP contribution in [0.2, 0.25) is 0 Å². The van der Waals surface area contributed by atoms with Gasteiger partial charge in [0.2, 0.25) is 0 Å². The molecule has 0 aliphatic heterocycles. The first-order chi connectivity index (χ1) is 15.2. The predicted molar refractivity (Wildman–Crippen MR) is 124 cm³/mol. The molecule has 1 fully saturated rings. The van der Waals surface area contributed by atoms with Crippen LogP contribution in [0, 0.1) is 11.8 Å². The Morgan fingerprint density at radius 3 is 2.48 bits per heavy atom. The second-order valence-corrected chi connectivity index (χ2v) is 8.88. The van der Waals surface area contributed by atoms with Crippen LogP contribution in [0.3, 0.4) is 0 Å². The molecule has 1 aromatic heterocycles. The summed E-state index contributed by atoms with van der Waals surface area (Å²) in [4.78, 5) is 1.11. The molecule has 0 saturated heterocycles. The Kier molecular flexibility index (Phi) is 6.86. The average Bonchev–Trinajstić information content (AvgIpc) is 3.49. The molecule has 1 aromatic carbocycles. The summed E-state index contributed by atoms with van der Waals surface area (Å²) in [6.07, 6.45) is 12.1. The lowest BCUT2D eigenvalue weighted by molar-refractivity contribution is 0.188. The first-order valence-electron chi connectivity index (χ1n) is 11.0. The van der Waals surface area contributed by atoms with Crippen LogP contribution in [-0.2, 0) is 11.2 Å². The van der Waals surface area contributed by atoms with Crippen molar-refractivity contribution in [1.29, 1.82) is 0 Å². The summed E-state index contributed by atoms with van der Waals surface area (Å²) in [7, 11) is 4.96. The first kappa shape index (κ1) is 21.8. The molecule has 2 atom stereocenters. The van der Waals surface area contributed by atoms with Crippen LogP contribution in [0.1, 0.15) is 38.2 Å². The molecule has 0 spiro atoms. The molecule has 2 unspecified atom stereocenters. The number of fused-ring (bicyclic) bond motifs is 1. The number of methoxy groups -OCH3 is 3. The highest BCUT2D eigenvalue weighted by atomic mass is 32.1. The second-order valence-electron chi connectivity index (χ2n) is 8.08. The first-order valence-corrected chi connectivity index (χ1v) is 11.7. The molecule has 0 N–H and O–H groups in total. The maximum absolute atomic E-state index is 6.06. The minimum atomic E-state index is 0.562. The number of benzene rings is 1. The number of hydrogen-bond donors (Lipinski definition) is 0. The zero-order chi connectivity index (χ0) is 21.8. The number of hydrogen-bond acceptors (Lipinski definition) is 6. The Morgan fingerprint density at radius 1 is 0.968 bits per heavy atom. The Balaban J connectivity index is 1.54. The van der Waals surface area contributed by atoms with Crippen molar-refractivity contribution in [2.75, 3.05) is 27.9 Å². The van der Waals surface area contributed by atoms with E-state index in [1.165, 1.54) is 47.7 Å². The smallest absolute Gasteiger partial charge is 0.164 e. The van der Waals surface area contributed by atoms with Crippen LogP contribution in [0.5, 0.6) is 17.2 Å². The second kappa shape index (κ2) is 9.77. The van der Waals surface area contributed by atoms with Gasteiger partial charge in [0.15, 0.2) is 11.5 Å². The van der Waals surface area contributed by atoms with Crippen molar-refractivity contribution in [3.05, 3.63) is 47.4 Å². The number of rotatable bonds is 11. The Labute approximate surface area is 188 Å². The van der Waals surface area contributed by atoms with Gasteiger partial charge >= 0.3 is 0 Å². The number of nitrogens with zero attached hydrogens (tertiary/aromatic N) is 1. The highest BCUT2D eigenvalue weighted by molar-refractivity contribution is 7.09. The van der Waals surface area contributed by atoms with Gasteiger partial charge in [-0.25, -0.2) is 4.37 Å². The topological polar surface area (TPSA) is 49.8 Å². The monoisotopic (exact) mass is 441 g/mol. The van der Waals surface area contributed by atoms with Crippen molar-refractivity contribution < 1.29 is 18.9 Å². The molecule has 166 valence electrons. The molecular weight excluding hydrogens is 410 g/mol. The van der Waals surface area contributed by atoms with Crippen LogP contribution in [0.4, 0.5) is 0 Å². The molecule has 1 heterocycles. The molecule has 2 aliphatic carbocycles. The summed E-state index contributed by atoms with van der Waals surface area (Å²) < 4.78 is 27.2. The van der Waals surface area contributed by atoms with Gasteiger partial charge in [0.05, 0.1) is 38.6 Å². The molecule has 2 aliphatic rings. The van der Waals surface area contributed by atoms with Crippen LogP contribution in [0.25, 0.3) is 10.4 Å². The summed E-state index contributed by atoms with van der Waals surface area (Å²) in [5.74, 6) is 4.44. The fraction of sp³-hybridized carbons (Fsp3) is 0.480. The molecule has 4 rings (SSSR count). The fourth-order valence-corrected chi connectivity index (χ4v) is 5.06. The van der Waals surface area contributed by atoms with Gasteiger partial charge in [0, 0.05) is 23.7 Å². The van der Waals surface area contributed by atoms with Crippen molar-refractivity contribution in [2.24, 2.45) is 11.8 Å². The van der Waals surface area contributed by atoms with Gasteiger partial charge in [-0.2, -0.15) is 0 Å². The molecule has 1 saturated carbocycles. The number of unbranched alkanes of at least 4 members (excludes halogenated alkanes) is 2. The van der Waals surface area contributed by atoms with E-state index in [-0.39, 0.29) is 0 Å². The highest BCUT2D eigenvalue weighted by Gasteiger charge is 2.45. The molecular formula is C25H31NO4S. The van der Waals surface area contributed by atoms with Crippen LogP contribution >= 0.6 is 11.5 Å². The fourth-order valence-electron chi connectivity index (χ4n) is 4.28. The minimum absolute atomic E-state index is 0.562. The maximum Gasteiger partial charge on any atom is 0.164 e. The number of ether oxygens (including phenoxy) is 4. The molecule has 31 heavy (non-hydrogen) atoms. The van der Waals surface area contributed by atoms with Crippen LogP contribution < -0.4 is 14.2 Å². The SMILES string of the molecule is CCCCCOC1=CC=C(Cc2cnsc2-c2cc(OC)c(OC)cc2OC)C2CC12. The van der Waals surface area contributed by atoms with Crippen LogP contribution in [-0.4, -0.2) is 32.3 Å². The maximum atomic E-state index is 6.06. The van der Waals surface area contributed by atoms with E-state index in [0.29, 0.717) is 23.3 Å². The number of allylic oxidation sites excluding steroid dienone is 4. The quantitative estimate of drug-likeness (QED) is 0.398. The zero-order valence-electron chi connectivity index (χ0n) is 18.8. The molecule has 0 amide bonds. The predicted octanol–water partition coefficient (Wildman–Crippen LogP) is 6.05. The van der Waals surface area contributed by atoms with E-state index in [1.807, 2.05) is 18.3 Å². The van der Waals surface area contributed by atoms with Gasteiger partial charge < -0.3 is 18.9 Å². The van der Waals surface area contributed by atoms with E-state index < -0.39 is 0 Å². The molecule has 0 radical (unpaired) electrons. The van der Waals surface area contributed by atoms with Gasteiger partial charge in [-0.3, -0.25) is 0 Å². The van der Waals surface area contributed by atoms with E-state index in [9.17, 15) is 0 Å². The largest absolute Gasteiger partial charge is 0.498 e. The average molecular weight is 442 g/mol. The lowest BCUT2D eigenvalue weighted by Gasteiger charge is -2.16. The summed E-state index contributed by atoms with van der Waals surface area (Å²) in [6, 6.07) is 3.85. The Hall–Kier alpha value is -2.47. The normalized spacial score (nSPS) is 19.2. The van der Waals surface area contributed by atoms with E-state index >= 15 is 0 Å². The summed E-state index contributed by atoms with van der Waals surface area (Å²) in [6.45, 7) is 3.06. The Bertz CT molecular complexity index is 978. The van der Waals surface area contributed by atoms with Crippen molar-refractivity contribution in [3.8, 4) is 27.7 Å². The lowest BCUT2D eigenvalue weighted by Crippen LogP contribution is -2.05. The van der Waals surface area contributed by atoms with Crippen molar-refractivity contribution in [1.82, 2.24) is 4.37 Å². The molecule has 2 aromatic rings. The molecule has 5 nitrogen and oxygen atoms in total. The third-order valence-corrected chi connectivity index (χ3v) is 6.98. The minimum Gasteiger partial charge on any atom is -0.498 e. The van der Waals surface area contributed by atoms with Crippen molar-refractivity contribution >= 4 is 11.5 Å². The standard InChI is InChI=1S/C25H31NO4S/c1-5-6-7-10-30-21-9-8-16(18-12-19(18)21)11-17-15-26-31-25(17)20-13-23(28-3)24(29-4)14-22(20)27-2/h8-9,13-15,18-19H,5-7,10-12H2,1-4H3. The van der Waals surface area contributed by atoms with Crippen molar-refractivity contribution in [3.63, 3.8) is 0 Å². The third-order valence-electron chi connectivity index (χ3n) is 6.10. The van der Waals surface area contributed by atoms with E-state index in [2.05, 4.69) is 23.4 Å². The van der Waals surface area contributed by atoms with Gasteiger partial charge in [-0.15, -0.1) is 0 Å². The molecule has 6 heteroatoms. The Morgan fingerprint density at radius 2 is 1.74 bits per heavy atom.